The number of primary amides is 1. The molecule has 0 radical (unpaired) electrons. The summed E-state index contributed by atoms with van der Waals surface area (Å²) >= 11 is 0. The highest BCUT2D eigenvalue weighted by Gasteiger charge is 2.07. The highest BCUT2D eigenvalue weighted by molar-refractivity contribution is 5.92. The number of nitrogens with zero attached hydrogens (tertiary/aromatic N) is 4. The molecule has 100 valence electrons. The number of hydrogen-bond acceptors (Lipinski definition) is 5. The Labute approximate surface area is 110 Å². The molecule has 0 spiro atoms. The first-order chi connectivity index (χ1) is 9.06. The largest absolute Gasteiger partial charge is 0.366 e. The average molecular weight is 260 g/mol. The van der Waals surface area contributed by atoms with E-state index in [1.807, 2.05) is 0 Å². The maximum atomic E-state index is 11.0. The quantitative estimate of drug-likeness (QED) is 0.803. The number of hydrogen-bond donors (Lipinski definition) is 2. The summed E-state index contributed by atoms with van der Waals surface area (Å²) in [6.07, 6.45) is 6.34. The zero-order valence-electron chi connectivity index (χ0n) is 10.9. The smallest absolute Gasteiger partial charge is 0.251 e. The molecule has 0 saturated carbocycles. The summed E-state index contributed by atoms with van der Waals surface area (Å²) in [6.45, 7) is 4.86. The second-order valence-electron chi connectivity index (χ2n) is 4.46. The molecule has 7 heteroatoms. The lowest BCUT2D eigenvalue weighted by atomic mass is 10.3. The number of rotatable bonds is 5. The van der Waals surface area contributed by atoms with E-state index >= 15 is 0 Å². The Morgan fingerprint density at radius 1 is 1.37 bits per heavy atom. The van der Waals surface area contributed by atoms with Gasteiger partial charge in [-0.25, -0.2) is 14.6 Å². The summed E-state index contributed by atoms with van der Waals surface area (Å²) in [4.78, 5) is 19.4. The minimum absolute atomic E-state index is 0.328. The molecule has 0 saturated heterocycles. The molecule has 0 fully saturated rings. The fourth-order valence-electron chi connectivity index (χ4n) is 1.44. The molecule has 0 aliphatic heterocycles. The summed E-state index contributed by atoms with van der Waals surface area (Å²) in [5, 5.41) is 7.26. The van der Waals surface area contributed by atoms with Crippen LogP contribution < -0.4 is 11.1 Å². The van der Waals surface area contributed by atoms with E-state index in [4.69, 9.17) is 5.73 Å². The standard InChI is InChI=1S/C12H16N6O/c1-8(2)14-3-9-4-15-12(16-5-9)18-7-10(6-17-18)11(13)19/h4-8,14H,3H2,1-2H3,(H2,13,19). The Bertz CT molecular complexity index is 560. The van der Waals surface area contributed by atoms with Crippen molar-refractivity contribution in [1.29, 1.82) is 0 Å². The van der Waals surface area contributed by atoms with Gasteiger partial charge in [-0.2, -0.15) is 5.10 Å². The van der Waals surface area contributed by atoms with Crippen molar-refractivity contribution < 1.29 is 4.79 Å². The van der Waals surface area contributed by atoms with Crippen molar-refractivity contribution in [2.45, 2.75) is 26.4 Å². The average Bonchev–Trinajstić information content (AvgIpc) is 2.86. The third kappa shape index (κ3) is 3.35. The number of nitrogens with one attached hydrogen (secondary N) is 1. The van der Waals surface area contributed by atoms with Gasteiger partial charge in [-0.05, 0) is 0 Å². The molecule has 0 atom stereocenters. The van der Waals surface area contributed by atoms with E-state index in [0.29, 0.717) is 24.1 Å². The van der Waals surface area contributed by atoms with Gasteiger partial charge >= 0.3 is 0 Å². The third-order valence-corrected chi connectivity index (χ3v) is 2.48. The van der Waals surface area contributed by atoms with Gasteiger partial charge in [-0.1, -0.05) is 13.8 Å². The number of amides is 1. The minimum Gasteiger partial charge on any atom is -0.366 e. The summed E-state index contributed by atoms with van der Waals surface area (Å²) in [6, 6.07) is 0.406. The summed E-state index contributed by atoms with van der Waals surface area (Å²) in [5.74, 6) is -0.121. The second-order valence-corrected chi connectivity index (χ2v) is 4.46. The van der Waals surface area contributed by atoms with Gasteiger partial charge in [0.2, 0.25) is 5.95 Å². The fourth-order valence-corrected chi connectivity index (χ4v) is 1.44. The van der Waals surface area contributed by atoms with Crippen LogP contribution >= 0.6 is 0 Å². The Morgan fingerprint density at radius 2 is 2.05 bits per heavy atom. The van der Waals surface area contributed by atoms with Gasteiger partial charge in [-0.15, -0.1) is 0 Å². The van der Waals surface area contributed by atoms with Crippen LogP contribution in [0.5, 0.6) is 0 Å². The van der Waals surface area contributed by atoms with Crippen LogP contribution in [0.25, 0.3) is 5.95 Å². The van der Waals surface area contributed by atoms with Gasteiger partial charge in [0.15, 0.2) is 0 Å². The number of carbonyl (C=O) groups excluding carboxylic acids is 1. The van der Waals surface area contributed by atoms with Crippen LogP contribution in [0.2, 0.25) is 0 Å². The van der Waals surface area contributed by atoms with Crippen LogP contribution in [0.15, 0.2) is 24.8 Å². The summed E-state index contributed by atoms with van der Waals surface area (Å²) in [5.41, 5.74) is 6.47. The van der Waals surface area contributed by atoms with E-state index < -0.39 is 5.91 Å². The van der Waals surface area contributed by atoms with Crippen LogP contribution in [-0.4, -0.2) is 31.7 Å². The Hall–Kier alpha value is -2.28. The third-order valence-electron chi connectivity index (χ3n) is 2.48. The predicted molar refractivity (Wildman–Crippen MR) is 69.6 cm³/mol. The van der Waals surface area contributed by atoms with E-state index in [2.05, 4.69) is 34.2 Å². The molecule has 7 nitrogen and oxygen atoms in total. The Balaban J connectivity index is 2.10. The van der Waals surface area contributed by atoms with Crippen molar-refractivity contribution in [2.24, 2.45) is 5.73 Å². The lowest BCUT2D eigenvalue weighted by Gasteiger charge is -2.07. The maximum Gasteiger partial charge on any atom is 0.251 e. The van der Waals surface area contributed by atoms with Gasteiger partial charge in [0.25, 0.3) is 5.91 Å². The van der Waals surface area contributed by atoms with E-state index in [1.165, 1.54) is 17.1 Å². The molecule has 2 heterocycles. The first kappa shape index (κ1) is 13.2. The SMILES string of the molecule is CC(C)NCc1cnc(-n2cc(C(N)=O)cn2)nc1. The topological polar surface area (TPSA) is 98.7 Å². The van der Waals surface area contributed by atoms with Gasteiger partial charge in [0.1, 0.15) is 0 Å². The van der Waals surface area contributed by atoms with Crippen molar-refractivity contribution in [1.82, 2.24) is 25.1 Å². The predicted octanol–water partition coefficient (Wildman–Crippen LogP) is 0.259. The lowest BCUT2D eigenvalue weighted by Crippen LogP contribution is -2.22. The van der Waals surface area contributed by atoms with Crippen molar-refractivity contribution in [3.63, 3.8) is 0 Å². The van der Waals surface area contributed by atoms with Crippen LogP contribution in [0, 0.1) is 0 Å². The highest BCUT2D eigenvalue weighted by Crippen LogP contribution is 2.03. The van der Waals surface area contributed by atoms with Gasteiger partial charge < -0.3 is 11.1 Å². The number of carbonyl (C=O) groups is 1. The van der Waals surface area contributed by atoms with E-state index in [0.717, 1.165) is 5.56 Å². The molecule has 0 aromatic carbocycles. The van der Waals surface area contributed by atoms with E-state index in [9.17, 15) is 4.79 Å². The summed E-state index contributed by atoms with van der Waals surface area (Å²) < 4.78 is 1.42. The lowest BCUT2D eigenvalue weighted by molar-refractivity contribution is 0.100. The summed E-state index contributed by atoms with van der Waals surface area (Å²) in [7, 11) is 0. The molecule has 19 heavy (non-hydrogen) atoms. The van der Waals surface area contributed by atoms with Crippen LogP contribution in [-0.2, 0) is 6.54 Å². The molecule has 2 rings (SSSR count). The monoisotopic (exact) mass is 260 g/mol. The zero-order chi connectivity index (χ0) is 13.8. The molecule has 0 aliphatic carbocycles. The van der Waals surface area contributed by atoms with E-state index in [-0.39, 0.29) is 0 Å². The molecular weight excluding hydrogens is 244 g/mol. The molecule has 0 aliphatic rings. The molecular formula is C12H16N6O. The Morgan fingerprint density at radius 3 is 2.58 bits per heavy atom. The van der Waals surface area contributed by atoms with Crippen LogP contribution in [0.1, 0.15) is 29.8 Å². The van der Waals surface area contributed by atoms with E-state index in [1.54, 1.807) is 12.4 Å². The normalized spacial score (nSPS) is 10.9. The fraction of sp³-hybridized carbons (Fsp3) is 0.333. The van der Waals surface area contributed by atoms with Crippen molar-refractivity contribution in [3.05, 3.63) is 35.9 Å². The van der Waals surface area contributed by atoms with Crippen molar-refractivity contribution in [2.75, 3.05) is 0 Å². The molecule has 0 unspecified atom stereocenters. The van der Waals surface area contributed by atoms with Crippen LogP contribution in [0.3, 0.4) is 0 Å². The van der Waals surface area contributed by atoms with Gasteiger partial charge in [0.05, 0.1) is 11.8 Å². The highest BCUT2D eigenvalue weighted by atomic mass is 16.1. The first-order valence-corrected chi connectivity index (χ1v) is 5.95. The van der Waals surface area contributed by atoms with Gasteiger partial charge in [0, 0.05) is 36.7 Å². The van der Waals surface area contributed by atoms with Gasteiger partial charge in [-0.3, -0.25) is 4.79 Å². The molecule has 2 aromatic heterocycles. The molecule has 1 amide bonds. The second kappa shape index (κ2) is 5.57. The molecule has 2 aromatic rings. The van der Waals surface area contributed by atoms with Crippen molar-refractivity contribution in [3.8, 4) is 5.95 Å². The number of aromatic nitrogens is 4. The van der Waals surface area contributed by atoms with Crippen molar-refractivity contribution >= 4 is 5.91 Å². The number of nitrogens with two attached hydrogens (primary N) is 1. The first-order valence-electron chi connectivity index (χ1n) is 5.95. The Kier molecular flexibility index (Phi) is 3.86. The maximum absolute atomic E-state index is 11.0. The molecule has 0 bridgehead atoms. The zero-order valence-corrected chi connectivity index (χ0v) is 10.9. The molecule has 3 N–H and O–H groups in total. The van der Waals surface area contributed by atoms with Crippen LogP contribution in [0.4, 0.5) is 0 Å². The minimum atomic E-state index is -0.524.